The van der Waals surface area contributed by atoms with E-state index < -0.39 is 6.10 Å². The summed E-state index contributed by atoms with van der Waals surface area (Å²) in [6.07, 6.45) is 4.06. The standard InChI is InChI=1S/C17H23NO3/c1-2-18(15-10-21-11-16(15)19)17(20)14-8-7-12-5-3-4-6-13(12)9-14/h7-9,15-16,19H,2-6,10-11H2,1H3/t15-,16-/m1/s1. The zero-order valence-electron chi connectivity index (χ0n) is 12.5. The van der Waals surface area contributed by atoms with Gasteiger partial charge < -0.3 is 14.7 Å². The molecule has 0 bridgehead atoms. The Morgan fingerprint density at radius 3 is 2.71 bits per heavy atom. The minimum absolute atomic E-state index is 0.000392. The van der Waals surface area contributed by atoms with E-state index in [-0.39, 0.29) is 11.9 Å². The largest absolute Gasteiger partial charge is 0.388 e. The number of aliphatic hydroxyl groups is 1. The molecule has 4 nitrogen and oxygen atoms in total. The molecule has 0 aromatic heterocycles. The Morgan fingerprint density at radius 2 is 2.05 bits per heavy atom. The summed E-state index contributed by atoms with van der Waals surface area (Å²) in [6, 6.07) is 5.84. The normalized spacial score (nSPS) is 24.7. The molecule has 2 aliphatic rings. The molecule has 1 N–H and O–H groups in total. The molecule has 21 heavy (non-hydrogen) atoms. The van der Waals surface area contributed by atoms with Crippen LogP contribution in [0.5, 0.6) is 0 Å². The maximum atomic E-state index is 12.8. The molecular formula is C17H23NO3. The fourth-order valence-electron chi connectivity index (χ4n) is 3.39. The molecule has 0 spiro atoms. The van der Waals surface area contributed by atoms with E-state index in [2.05, 4.69) is 6.07 Å². The van der Waals surface area contributed by atoms with Gasteiger partial charge in [0.2, 0.25) is 0 Å². The van der Waals surface area contributed by atoms with Crippen LogP contribution in [0.2, 0.25) is 0 Å². The van der Waals surface area contributed by atoms with E-state index in [9.17, 15) is 9.90 Å². The quantitative estimate of drug-likeness (QED) is 0.923. The van der Waals surface area contributed by atoms with Crippen LogP contribution < -0.4 is 0 Å². The highest BCUT2D eigenvalue weighted by Gasteiger charge is 2.34. The Morgan fingerprint density at radius 1 is 1.29 bits per heavy atom. The van der Waals surface area contributed by atoms with Gasteiger partial charge in [0.25, 0.3) is 5.91 Å². The summed E-state index contributed by atoms with van der Waals surface area (Å²) in [5.41, 5.74) is 3.42. The third kappa shape index (κ3) is 2.83. The Labute approximate surface area is 125 Å². The van der Waals surface area contributed by atoms with Crippen molar-refractivity contribution >= 4 is 5.91 Å². The SMILES string of the molecule is CCN(C(=O)c1ccc2c(c1)CCCC2)[C@@H]1COC[C@H]1O. The van der Waals surface area contributed by atoms with Crippen LogP contribution in [0.15, 0.2) is 18.2 Å². The number of ether oxygens (including phenoxy) is 1. The predicted octanol–water partition coefficient (Wildman–Crippen LogP) is 1.79. The smallest absolute Gasteiger partial charge is 0.254 e. The van der Waals surface area contributed by atoms with E-state index in [1.165, 1.54) is 24.0 Å². The van der Waals surface area contributed by atoms with Crippen LogP contribution in [-0.2, 0) is 17.6 Å². The lowest BCUT2D eigenvalue weighted by Crippen LogP contribution is -2.46. The lowest BCUT2D eigenvalue weighted by atomic mass is 9.90. The van der Waals surface area contributed by atoms with Crippen molar-refractivity contribution in [3.8, 4) is 0 Å². The number of likely N-dealkylation sites (N-methyl/N-ethyl adjacent to an activating group) is 1. The third-order valence-corrected chi connectivity index (χ3v) is 4.62. The number of carbonyl (C=O) groups excluding carboxylic acids is 1. The van der Waals surface area contributed by atoms with Crippen molar-refractivity contribution in [2.24, 2.45) is 0 Å². The zero-order valence-corrected chi connectivity index (χ0v) is 12.5. The highest BCUT2D eigenvalue weighted by Crippen LogP contribution is 2.24. The molecule has 0 radical (unpaired) electrons. The second-order valence-corrected chi connectivity index (χ2v) is 5.95. The van der Waals surface area contributed by atoms with Crippen molar-refractivity contribution < 1.29 is 14.6 Å². The third-order valence-electron chi connectivity index (χ3n) is 4.62. The number of aryl methyl sites for hydroxylation is 2. The Bertz CT molecular complexity index is 529. The second kappa shape index (κ2) is 6.16. The first kappa shape index (κ1) is 14.5. The molecule has 1 aromatic carbocycles. The van der Waals surface area contributed by atoms with Crippen LogP contribution in [0.3, 0.4) is 0 Å². The summed E-state index contributed by atoms with van der Waals surface area (Å²) >= 11 is 0. The summed E-state index contributed by atoms with van der Waals surface area (Å²) < 4.78 is 5.28. The van der Waals surface area contributed by atoms with Gasteiger partial charge in [-0.15, -0.1) is 0 Å². The Kier molecular flexibility index (Phi) is 4.27. The first-order valence-corrected chi connectivity index (χ1v) is 7.89. The average molecular weight is 289 g/mol. The van der Waals surface area contributed by atoms with Gasteiger partial charge in [0, 0.05) is 12.1 Å². The number of fused-ring (bicyclic) bond motifs is 1. The van der Waals surface area contributed by atoms with Gasteiger partial charge in [-0.25, -0.2) is 0 Å². The van der Waals surface area contributed by atoms with Crippen molar-refractivity contribution in [1.29, 1.82) is 0 Å². The van der Waals surface area contributed by atoms with Crippen molar-refractivity contribution in [3.63, 3.8) is 0 Å². The number of hydrogen-bond acceptors (Lipinski definition) is 3. The first-order chi connectivity index (χ1) is 10.2. The monoisotopic (exact) mass is 289 g/mol. The molecule has 1 saturated heterocycles. The number of hydrogen-bond donors (Lipinski definition) is 1. The van der Waals surface area contributed by atoms with Gasteiger partial charge in [0.15, 0.2) is 0 Å². The van der Waals surface area contributed by atoms with Crippen LogP contribution in [0.1, 0.15) is 41.3 Å². The highest BCUT2D eigenvalue weighted by atomic mass is 16.5. The van der Waals surface area contributed by atoms with E-state index in [4.69, 9.17) is 4.74 Å². The predicted molar refractivity (Wildman–Crippen MR) is 80.4 cm³/mol. The van der Waals surface area contributed by atoms with Crippen LogP contribution in [-0.4, -0.2) is 47.8 Å². The molecule has 3 rings (SSSR count). The lowest BCUT2D eigenvalue weighted by molar-refractivity contribution is 0.0520. The highest BCUT2D eigenvalue weighted by molar-refractivity contribution is 5.94. The van der Waals surface area contributed by atoms with Crippen molar-refractivity contribution in [1.82, 2.24) is 4.90 Å². The molecule has 0 unspecified atom stereocenters. The lowest BCUT2D eigenvalue weighted by Gasteiger charge is -2.29. The number of amides is 1. The van der Waals surface area contributed by atoms with Crippen molar-refractivity contribution in [2.45, 2.75) is 44.8 Å². The van der Waals surface area contributed by atoms with E-state index in [0.717, 1.165) is 18.4 Å². The van der Waals surface area contributed by atoms with E-state index in [1.807, 2.05) is 19.1 Å². The molecular weight excluding hydrogens is 266 g/mol. The van der Waals surface area contributed by atoms with Crippen molar-refractivity contribution in [3.05, 3.63) is 34.9 Å². The fourth-order valence-corrected chi connectivity index (χ4v) is 3.39. The molecule has 1 aliphatic heterocycles. The topological polar surface area (TPSA) is 49.8 Å². The minimum atomic E-state index is -0.577. The number of rotatable bonds is 3. The Hall–Kier alpha value is -1.39. The van der Waals surface area contributed by atoms with Gasteiger partial charge in [-0.05, 0) is 55.9 Å². The van der Waals surface area contributed by atoms with Gasteiger partial charge in [0.05, 0.1) is 25.4 Å². The molecule has 0 saturated carbocycles. The zero-order chi connectivity index (χ0) is 14.8. The molecule has 2 atom stereocenters. The summed E-state index contributed by atoms with van der Waals surface area (Å²) in [6.45, 7) is 3.27. The van der Waals surface area contributed by atoms with E-state index in [0.29, 0.717) is 19.8 Å². The summed E-state index contributed by atoms with van der Waals surface area (Å²) in [5, 5.41) is 9.96. The first-order valence-electron chi connectivity index (χ1n) is 7.89. The summed E-state index contributed by atoms with van der Waals surface area (Å²) in [5.74, 6) is 0.000392. The van der Waals surface area contributed by atoms with Gasteiger partial charge in [-0.2, -0.15) is 0 Å². The fraction of sp³-hybridized carbons (Fsp3) is 0.588. The number of carbonyl (C=O) groups is 1. The van der Waals surface area contributed by atoms with E-state index >= 15 is 0 Å². The second-order valence-electron chi connectivity index (χ2n) is 5.95. The maximum Gasteiger partial charge on any atom is 0.254 e. The van der Waals surface area contributed by atoms with Crippen LogP contribution in [0.25, 0.3) is 0 Å². The summed E-state index contributed by atoms with van der Waals surface area (Å²) in [7, 11) is 0. The average Bonchev–Trinajstić information content (AvgIpc) is 2.93. The van der Waals surface area contributed by atoms with E-state index in [1.54, 1.807) is 4.90 Å². The molecule has 4 heteroatoms. The summed E-state index contributed by atoms with van der Waals surface area (Å²) in [4.78, 5) is 14.5. The molecule has 1 aliphatic carbocycles. The van der Waals surface area contributed by atoms with Gasteiger partial charge in [-0.1, -0.05) is 6.07 Å². The van der Waals surface area contributed by atoms with Gasteiger partial charge >= 0.3 is 0 Å². The van der Waals surface area contributed by atoms with Gasteiger partial charge in [-0.3, -0.25) is 4.79 Å². The number of nitrogens with zero attached hydrogens (tertiary/aromatic N) is 1. The molecule has 1 heterocycles. The van der Waals surface area contributed by atoms with Gasteiger partial charge in [0.1, 0.15) is 0 Å². The van der Waals surface area contributed by atoms with Crippen LogP contribution in [0.4, 0.5) is 0 Å². The maximum absolute atomic E-state index is 12.8. The molecule has 1 aromatic rings. The number of benzene rings is 1. The minimum Gasteiger partial charge on any atom is -0.388 e. The van der Waals surface area contributed by atoms with Crippen LogP contribution >= 0.6 is 0 Å². The Balaban J connectivity index is 1.83. The number of aliphatic hydroxyl groups excluding tert-OH is 1. The van der Waals surface area contributed by atoms with Crippen LogP contribution in [0, 0.1) is 0 Å². The molecule has 114 valence electrons. The van der Waals surface area contributed by atoms with Crippen molar-refractivity contribution in [2.75, 3.05) is 19.8 Å². The molecule has 1 fully saturated rings. The molecule has 1 amide bonds.